The molecule has 7 nitrogen and oxygen atoms in total. The SMILES string of the molecule is C=C/C(=C/NCC)CNCC1(O)CN(C(=O)c2ccc(F)c(F)c2Nc2ccc(C)cc2F)C1.C=CC=C.CC.CC.CCNC. The van der Waals surface area contributed by atoms with E-state index in [4.69, 9.17) is 0 Å². The lowest BCUT2D eigenvalue weighted by Gasteiger charge is -2.46. The Balaban J connectivity index is 0. The van der Waals surface area contributed by atoms with Crippen LogP contribution in [0.1, 0.15) is 57.5 Å². The van der Waals surface area contributed by atoms with Gasteiger partial charge in [0.1, 0.15) is 11.4 Å². The van der Waals surface area contributed by atoms with Gasteiger partial charge in [-0.25, -0.2) is 13.2 Å². The van der Waals surface area contributed by atoms with E-state index in [9.17, 15) is 23.1 Å². The molecule has 2 aromatic carbocycles. The van der Waals surface area contributed by atoms with E-state index in [1.165, 1.54) is 17.0 Å². The Morgan fingerprint density at radius 2 is 1.57 bits per heavy atom. The highest BCUT2D eigenvalue weighted by Crippen LogP contribution is 2.31. The highest BCUT2D eigenvalue weighted by atomic mass is 19.2. The van der Waals surface area contributed by atoms with Crippen LogP contribution in [0.3, 0.4) is 0 Å². The fraction of sp³-hybridized carbons (Fsp3) is 0.417. The molecule has 0 unspecified atom stereocenters. The Morgan fingerprint density at radius 3 is 2.04 bits per heavy atom. The van der Waals surface area contributed by atoms with Crippen molar-refractivity contribution in [2.24, 2.45) is 0 Å². The zero-order chi connectivity index (χ0) is 35.7. The van der Waals surface area contributed by atoms with E-state index in [0.29, 0.717) is 12.1 Å². The van der Waals surface area contributed by atoms with Gasteiger partial charge < -0.3 is 31.3 Å². The molecule has 46 heavy (non-hydrogen) atoms. The smallest absolute Gasteiger partial charge is 0.256 e. The fourth-order valence-electron chi connectivity index (χ4n) is 3.65. The second-order valence-electron chi connectivity index (χ2n) is 9.54. The Labute approximate surface area is 275 Å². The first-order valence-electron chi connectivity index (χ1n) is 15.7. The number of likely N-dealkylation sites (tertiary alicyclic amines) is 1. The number of nitrogens with one attached hydrogen (secondary N) is 4. The molecule has 10 heteroatoms. The molecule has 0 atom stereocenters. The van der Waals surface area contributed by atoms with Gasteiger partial charge in [0.15, 0.2) is 11.6 Å². The number of carbonyl (C=O) groups excluding carboxylic acids is 1. The molecule has 258 valence electrons. The van der Waals surface area contributed by atoms with Crippen LogP contribution >= 0.6 is 0 Å². The summed E-state index contributed by atoms with van der Waals surface area (Å²) in [5.74, 6) is -3.71. The summed E-state index contributed by atoms with van der Waals surface area (Å²) >= 11 is 0. The monoisotopic (exact) mass is 647 g/mol. The Bertz CT molecular complexity index is 1220. The summed E-state index contributed by atoms with van der Waals surface area (Å²) in [4.78, 5) is 14.3. The Hall–Kier alpha value is -3.86. The van der Waals surface area contributed by atoms with Crippen molar-refractivity contribution in [2.45, 2.75) is 54.1 Å². The maximum atomic E-state index is 14.6. The molecule has 2 aromatic rings. The van der Waals surface area contributed by atoms with E-state index in [0.717, 1.165) is 30.8 Å². The number of amides is 1. The molecule has 1 aliphatic rings. The standard InChI is InChI=1S/C25H29F3N4O2.C4H6.C3H9N.2C2H6/c1-4-17(11-29-5-2)12-30-13-25(34)14-32(15-25)24(33)18-7-8-19(26)22(28)23(18)31-21-9-6-16(3)10-20(21)27;2*1-3-4-2;2*1-2/h4,6-11,29-31,34H,1,5,12-15H2,2-3H3;3-4H,1-2H2;4H,3H2,1-2H3;2*1-2H3/b17-11-;;;;. The summed E-state index contributed by atoms with van der Waals surface area (Å²) in [7, 11) is 1.93. The zero-order valence-electron chi connectivity index (χ0n) is 29.0. The van der Waals surface area contributed by atoms with Crippen molar-refractivity contribution in [2.75, 3.05) is 51.6 Å². The quantitative estimate of drug-likeness (QED) is 0.156. The van der Waals surface area contributed by atoms with Gasteiger partial charge in [0.05, 0.1) is 30.0 Å². The molecule has 0 bridgehead atoms. The predicted molar refractivity (Wildman–Crippen MR) is 189 cm³/mol. The summed E-state index contributed by atoms with van der Waals surface area (Å²) in [5, 5.41) is 22.3. The summed E-state index contributed by atoms with van der Waals surface area (Å²) in [6, 6.07) is 6.24. The summed E-state index contributed by atoms with van der Waals surface area (Å²) in [5.41, 5.74) is -0.280. The molecule has 3 rings (SSSR count). The molecule has 1 fully saturated rings. The van der Waals surface area contributed by atoms with E-state index in [1.54, 1.807) is 31.2 Å². The van der Waals surface area contributed by atoms with Crippen LogP contribution < -0.4 is 21.3 Å². The molecule has 0 aromatic heterocycles. The van der Waals surface area contributed by atoms with E-state index < -0.39 is 34.6 Å². The molecular formula is C36H56F3N5O2. The topological polar surface area (TPSA) is 88.7 Å². The maximum absolute atomic E-state index is 14.6. The van der Waals surface area contributed by atoms with Crippen molar-refractivity contribution >= 4 is 17.3 Å². The third-order valence-electron chi connectivity index (χ3n) is 6.02. The molecule has 0 aliphatic carbocycles. The molecule has 5 N–H and O–H groups in total. The molecular weight excluding hydrogens is 591 g/mol. The molecule has 0 radical (unpaired) electrons. The van der Waals surface area contributed by atoms with E-state index in [2.05, 4.69) is 47.9 Å². The number of nitrogens with zero attached hydrogens (tertiary/aromatic N) is 1. The number of halogens is 3. The number of aryl methyl sites for hydroxylation is 1. The van der Waals surface area contributed by atoms with Crippen molar-refractivity contribution in [1.82, 2.24) is 20.9 Å². The van der Waals surface area contributed by atoms with Crippen LogP contribution in [0.15, 0.2) is 80.1 Å². The number of allylic oxidation sites excluding steroid dienone is 2. The Kier molecular flexibility index (Phi) is 24.4. The van der Waals surface area contributed by atoms with Gasteiger partial charge in [-0.1, -0.05) is 78.6 Å². The number of benzene rings is 2. The first-order valence-corrected chi connectivity index (χ1v) is 15.7. The van der Waals surface area contributed by atoms with Crippen LogP contribution in [0, 0.1) is 24.4 Å². The van der Waals surface area contributed by atoms with Crippen molar-refractivity contribution < 1.29 is 23.1 Å². The van der Waals surface area contributed by atoms with Gasteiger partial charge in [-0.05, 0) is 62.8 Å². The largest absolute Gasteiger partial charge is 0.391 e. The normalized spacial score (nSPS) is 12.4. The summed E-state index contributed by atoms with van der Waals surface area (Å²) in [6.45, 7) is 26.8. The first kappa shape index (κ1) is 44.3. The molecule has 1 heterocycles. The number of β-amino-alcohol motifs (C(OH)–C–C–N with tert-alkyl or cyclic N) is 1. The summed E-state index contributed by atoms with van der Waals surface area (Å²) < 4.78 is 42.8. The minimum absolute atomic E-state index is 0.0104. The summed E-state index contributed by atoms with van der Waals surface area (Å²) in [6.07, 6.45) is 6.81. The zero-order valence-corrected chi connectivity index (χ0v) is 29.0. The van der Waals surface area contributed by atoms with Crippen molar-refractivity contribution in [3.63, 3.8) is 0 Å². The van der Waals surface area contributed by atoms with Gasteiger partial charge in [0.25, 0.3) is 5.91 Å². The van der Waals surface area contributed by atoms with Crippen molar-refractivity contribution in [3.05, 3.63) is 109 Å². The third kappa shape index (κ3) is 15.4. The molecule has 0 spiro atoms. The second-order valence-corrected chi connectivity index (χ2v) is 9.54. The van der Waals surface area contributed by atoms with Crippen LogP contribution in [0.2, 0.25) is 0 Å². The van der Waals surface area contributed by atoms with Crippen molar-refractivity contribution in [1.29, 1.82) is 0 Å². The van der Waals surface area contributed by atoms with Crippen LogP contribution in [0.4, 0.5) is 24.5 Å². The number of aliphatic hydroxyl groups is 1. The lowest BCUT2D eigenvalue weighted by molar-refractivity contribution is -0.0781. The van der Waals surface area contributed by atoms with E-state index in [1.807, 2.05) is 47.9 Å². The van der Waals surface area contributed by atoms with Gasteiger partial charge in [-0.3, -0.25) is 4.79 Å². The highest BCUT2D eigenvalue weighted by Gasteiger charge is 2.44. The number of anilines is 2. The second kappa shape index (κ2) is 25.3. The molecule has 1 saturated heterocycles. The average molecular weight is 648 g/mol. The van der Waals surface area contributed by atoms with Gasteiger partial charge >= 0.3 is 0 Å². The van der Waals surface area contributed by atoms with Crippen LogP contribution in [0.5, 0.6) is 0 Å². The number of rotatable bonds is 12. The van der Waals surface area contributed by atoms with Crippen LogP contribution in [-0.4, -0.2) is 67.8 Å². The maximum Gasteiger partial charge on any atom is 0.256 e. The molecule has 0 saturated carbocycles. The lowest BCUT2D eigenvalue weighted by Crippen LogP contribution is -2.67. The average Bonchev–Trinajstić information content (AvgIpc) is 3.06. The Morgan fingerprint density at radius 1 is 0.978 bits per heavy atom. The number of hydrogen-bond acceptors (Lipinski definition) is 6. The third-order valence-corrected chi connectivity index (χ3v) is 6.02. The van der Waals surface area contributed by atoms with Gasteiger partial charge in [0.2, 0.25) is 0 Å². The minimum Gasteiger partial charge on any atom is -0.391 e. The van der Waals surface area contributed by atoms with E-state index >= 15 is 0 Å². The van der Waals surface area contributed by atoms with E-state index in [-0.39, 0.29) is 30.9 Å². The number of hydrogen-bond donors (Lipinski definition) is 5. The number of carbonyl (C=O) groups is 1. The lowest BCUT2D eigenvalue weighted by atomic mass is 9.92. The van der Waals surface area contributed by atoms with Crippen LogP contribution in [0.25, 0.3) is 0 Å². The van der Waals surface area contributed by atoms with Gasteiger partial charge in [-0.15, -0.1) is 0 Å². The fourth-order valence-corrected chi connectivity index (χ4v) is 3.65. The first-order chi connectivity index (χ1) is 22.0. The molecule has 1 amide bonds. The predicted octanol–water partition coefficient (Wildman–Crippen LogP) is 7.25. The van der Waals surface area contributed by atoms with Gasteiger partial charge in [0, 0.05) is 25.8 Å². The minimum atomic E-state index is -1.28. The van der Waals surface area contributed by atoms with Gasteiger partial charge in [-0.2, -0.15) is 0 Å². The highest BCUT2D eigenvalue weighted by molar-refractivity contribution is 6.01. The van der Waals surface area contributed by atoms with Crippen molar-refractivity contribution in [3.8, 4) is 0 Å². The van der Waals surface area contributed by atoms with Crippen LogP contribution in [-0.2, 0) is 0 Å². The molecule has 1 aliphatic heterocycles.